The van der Waals surface area contributed by atoms with E-state index < -0.39 is 49.5 Å². The van der Waals surface area contributed by atoms with Gasteiger partial charge in [-0.1, -0.05) is 72.8 Å². The van der Waals surface area contributed by atoms with E-state index in [2.05, 4.69) is 0 Å². The van der Waals surface area contributed by atoms with Gasteiger partial charge in [0.05, 0.1) is 0 Å². The summed E-state index contributed by atoms with van der Waals surface area (Å²) in [7, 11) is -11.6. The van der Waals surface area contributed by atoms with Gasteiger partial charge in [0.1, 0.15) is 5.75 Å². The van der Waals surface area contributed by atoms with Crippen molar-refractivity contribution in [1.29, 1.82) is 0 Å². The summed E-state index contributed by atoms with van der Waals surface area (Å²) >= 11 is 0. The molecule has 51 heavy (non-hydrogen) atoms. The van der Waals surface area contributed by atoms with Gasteiger partial charge in [0.2, 0.25) is 0 Å². The molecule has 0 aliphatic rings. The summed E-state index contributed by atoms with van der Waals surface area (Å²) in [5.41, 5.74) is 1.60. The van der Waals surface area contributed by atoms with E-state index in [0.29, 0.717) is 5.56 Å². The first-order valence-corrected chi connectivity index (χ1v) is 17.4. The number of halogens is 9. The van der Waals surface area contributed by atoms with Crippen molar-refractivity contribution in [3.63, 3.8) is 0 Å². The monoisotopic (exact) mass is 758 g/mol. The fraction of sp³-hybridized carbons (Fsp3) is 0.114. The van der Waals surface area contributed by atoms with Crippen LogP contribution in [0, 0.1) is 0 Å². The first kappa shape index (κ1) is 37.5. The number of phenols is 1. The topological polar surface area (TPSA) is 80.7 Å². The van der Waals surface area contributed by atoms with Crippen LogP contribution in [-0.4, -0.2) is 42.6 Å². The Balaban J connectivity index is 1.61. The normalized spacial score (nSPS) is 13.5. The average Bonchev–Trinajstić information content (AvgIpc) is 3.11. The van der Waals surface area contributed by atoms with Crippen molar-refractivity contribution in [2.75, 3.05) is 0 Å². The van der Waals surface area contributed by atoms with Crippen LogP contribution in [-0.2, 0) is 13.7 Å². The number of benzene rings is 5. The predicted molar refractivity (Wildman–Crippen MR) is 170 cm³/mol. The molecule has 0 spiro atoms. The maximum Gasteiger partial charge on any atom is 0.460 e. The molecule has 5 rings (SSSR count). The lowest BCUT2D eigenvalue weighted by Crippen LogP contribution is -2.63. The Labute approximate surface area is 286 Å². The number of hydrogen-bond acceptors (Lipinski definition) is 5. The molecule has 0 saturated carbocycles. The average molecular weight is 759 g/mol. The number of phenolic OH excluding ortho intramolecular Hbond substituents is 1. The molecule has 0 aromatic heterocycles. The number of carbonyl (C=O) groups excluding carboxylic acids is 1. The quantitative estimate of drug-likeness (QED) is 0.107. The van der Waals surface area contributed by atoms with Crippen molar-refractivity contribution in [2.24, 2.45) is 0 Å². The van der Waals surface area contributed by atoms with E-state index in [9.17, 15) is 49.1 Å². The molecule has 268 valence electrons. The highest BCUT2D eigenvalue weighted by molar-refractivity contribution is 8.33. The Morgan fingerprint density at radius 3 is 1.29 bits per heavy atom. The van der Waals surface area contributed by atoms with E-state index in [-0.39, 0.29) is 31.6 Å². The fourth-order valence-corrected chi connectivity index (χ4v) is 10.1. The molecule has 0 aliphatic heterocycles. The Hall–Kier alpha value is -4.80. The maximum atomic E-state index is 15.1. The number of alkyl halides is 9. The lowest BCUT2D eigenvalue weighted by molar-refractivity contribution is -0.382. The van der Waals surface area contributed by atoms with Crippen molar-refractivity contribution in [3.05, 3.63) is 145 Å². The number of ketones is 1. The molecule has 5 aromatic carbocycles. The van der Waals surface area contributed by atoms with Gasteiger partial charge in [0.15, 0.2) is 5.78 Å². The van der Waals surface area contributed by atoms with Crippen molar-refractivity contribution in [3.8, 4) is 16.9 Å². The van der Waals surface area contributed by atoms with Gasteiger partial charge < -0.3 is 5.11 Å². The van der Waals surface area contributed by atoms with Crippen molar-refractivity contribution in [1.82, 2.24) is 0 Å². The molecular weight excluding hydrogens is 735 g/mol. The molecular formula is C35H23F9O5S2. The summed E-state index contributed by atoms with van der Waals surface area (Å²) in [5, 5.41) is 2.39. The largest absolute Gasteiger partial charge is 0.508 e. The Kier molecular flexibility index (Phi) is 9.84. The molecule has 0 saturated heterocycles. The van der Waals surface area contributed by atoms with Crippen LogP contribution < -0.4 is 0 Å². The first-order valence-electron chi connectivity index (χ1n) is 14.4. The zero-order valence-electron chi connectivity index (χ0n) is 25.5. The second-order valence-corrected chi connectivity index (χ2v) is 15.3. The standard InChI is InChI=1S/C35H23F9O5S2/c36-32(37,34(40,41)42)33(38,39)35(43,44)51(47,48)49-50(28-7-3-1-4-8-28,29-9-5-2-6-10-29)30-21-17-26(18-22-30)31(46)25-13-11-23(12-14-25)24-15-19-27(45)20-16-24/h1-22,45H. The summed E-state index contributed by atoms with van der Waals surface area (Å²) < 4.78 is 157. The van der Waals surface area contributed by atoms with Crippen molar-refractivity contribution in [2.45, 2.75) is 38.0 Å². The summed E-state index contributed by atoms with van der Waals surface area (Å²) in [6, 6.07) is 29.6. The number of carbonyl (C=O) groups is 1. The minimum absolute atomic E-state index is 0.0184. The lowest BCUT2D eigenvalue weighted by atomic mass is 9.99. The molecule has 0 atom stereocenters. The van der Waals surface area contributed by atoms with Gasteiger partial charge in [-0.2, -0.15) is 47.9 Å². The summed E-state index contributed by atoms with van der Waals surface area (Å²) in [5.74, 6) is -15.5. The second kappa shape index (κ2) is 13.4. The van der Waals surface area contributed by atoms with Crippen molar-refractivity contribution < 1.29 is 61.5 Å². The molecule has 16 heteroatoms. The van der Waals surface area contributed by atoms with Crippen LogP contribution in [0.4, 0.5) is 39.5 Å². The third-order valence-corrected chi connectivity index (χ3v) is 12.8. The van der Waals surface area contributed by atoms with E-state index in [1.54, 1.807) is 24.3 Å². The van der Waals surface area contributed by atoms with E-state index >= 15 is 8.78 Å². The second-order valence-electron chi connectivity index (χ2n) is 10.8. The number of rotatable bonds is 11. The SMILES string of the molecule is O=C(c1ccc(-c2ccc(O)cc2)cc1)c1ccc(S(OS(=O)(=O)C(F)(F)C(F)(F)C(F)(F)C(F)(F)F)(c2ccccc2)c2ccccc2)cc1. The molecule has 5 aromatic rings. The molecule has 5 nitrogen and oxygen atoms in total. The molecule has 0 heterocycles. The van der Waals surface area contributed by atoms with Gasteiger partial charge in [-0.15, -0.1) is 0 Å². The smallest absolute Gasteiger partial charge is 0.460 e. The van der Waals surface area contributed by atoms with E-state index in [1.807, 2.05) is 0 Å². The third kappa shape index (κ3) is 6.58. The molecule has 0 bridgehead atoms. The first-order chi connectivity index (χ1) is 23.8. The van der Waals surface area contributed by atoms with E-state index in [1.165, 1.54) is 60.7 Å². The highest BCUT2D eigenvalue weighted by atomic mass is 32.3. The molecule has 0 radical (unpaired) electrons. The Bertz CT molecular complexity index is 2070. The zero-order chi connectivity index (χ0) is 37.5. The van der Waals surface area contributed by atoms with Gasteiger partial charge in [-0.05, 0) is 82.1 Å². The highest BCUT2D eigenvalue weighted by Gasteiger charge is 2.86. The van der Waals surface area contributed by atoms with Gasteiger partial charge in [0.25, 0.3) is 0 Å². The van der Waals surface area contributed by atoms with Gasteiger partial charge in [-0.3, -0.25) is 4.79 Å². The maximum absolute atomic E-state index is 15.1. The minimum atomic E-state index is -7.52. The fourth-order valence-electron chi connectivity index (χ4n) is 4.88. The van der Waals surface area contributed by atoms with Crippen LogP contribution in [0.3, 0.4) is 0 Å². The molecule has 1 N–H and O–H groups in total. The van der Waals surface area contributed by atoms with Crippen LogP contribution >= 0.6 is 10.3 Å². The molecule has 0 aliphatic carbocycles. The highest BCUT2D eigenvalue weighted by Crippen LogP contribution is 2.71. The van der Waals surface area contributed by atoms with Gasteiger partial charge in [-0.25, -0.2) is 3.63 Å². The molecule has 0 unspecified atom stereocenters. The number of aromatic hydroxyl groups is 1. The van der Waals surface area contributed by atoms with Gasteiger partial charge >= 0.3 is 33.4 Å². The minimum Gasteiger partial charge on any atom is -0.508 e. The van der Waals surface area contributed by atoms with Crippen LogP contribution in [0.1, 0.15) is 15.9 Å². The van der Waals surface area contributed by atoms with E-state index in [4.69, 9.17) is 3.63 Å². The lowest BCUT2D eigenvalue weighted by Gasteiger charge is -2.41. The number of hydrogen-bond donors (Lipinski definition) is 1. The van der Waals surface area contributed by atoms with Crippen LogP contribution in [0.15, 0.2) is 148 Å². The third-order valence-electron chi connectivity index (χ3n) is 7.57. The van der Waals surface area contributed by atoms with Crippen LogP contribution in [0.25, 0.3) is 11.1 Å². The zero-order valence-corrected chi connectivity index (χ0v) is 27.1. The van der Waals surface area contributed by atoms with E-state index in [0.717, 1.165) is 54.1 Å². The molecule has 0 amide bonds. The van der Waals surface area contributed by atoms with Crippen LogP contribution in [0.2, 0.25) is 0 Å². The predicted octanol–water partition coefficient (Wildman–Crippen LogP) is 10.3. The summed E-state index contributed by atoms with van der Waals surface area (Å²) in [4.78, 5) is 12.5. The summed E-state index contributed by atoms with van der Waals surface area (Å²) in [6.45, 7) is 0. The Morgan fingerprint density at radius 1 is 0.510 bits per heavy atom. The Morgan fingerprint density at radius 2 is 0.882 bits per heavy atom. The summed E-state index contributed by atoms with van der Waals surface area (Å²) in [6.07, 6.45) is -7.27. The van der Waals surface area contributed by atoms with Crippen LogP contribution in [0.5, 0.6) is 5.75 Å². The van der Waals surface area contributed by atoms with Crippen molar-refractivity contribution >= 4 is 26.2 Å². The molecule has 0 fully saturated rings. The van der Waals surface area contributed by atoms with Gasteiger partial charge in [0, 0.05) is 25.8 Å².